The number of hydrogen-bond donors (Lipinski definition) is 3. The van der Waals surface area contributed by atoms with E-state index in [9.17, 15) is 9.59 Å². The molecule has 0 fully saturated rings. The maximum absolute atomic E-state index is 12.5. The molecule has 25 heavy (non-hydrogen) atoms. The van der Waals surface area contributed by atoms with Crippen LogP contribution in [0.2, 0.25) is 0 Å². The molecule has 0 radical (unpaired) electrons. The molecular weight excluding hydrogens is 318 g/mol. The predicted molar refractivity (Wildman–Crippen MR) is 96.9 cm³/mol. The number of nitrogens with one attached hydrogen (secondary N) is 2. The molecular formula is C19H19N3O3. The lowest BCUT2D eigenvalue weighted by Gasteiger charge is -2.08. The van der Waals surface area contributed by atoms with Gasteiger partial charge in [0.15, 0.2) is 6.61 Å². The molecule has 0 aliphatic heterocycles. The highest BCUT2D eigenvalue weighted by atomic mass is 16.5. The number of carbonyl (C=O) groups is 2. The highest BCUT2D eigenvalue weighted by molar-refractivity contribution is 6.06. The number of anilines is 1. The minimum Gasteiger partial charge on any atom is -0.484 e. The topological polar surface area (TPSA) is 97.2 Å². The summed E-state index contributed by atoms with van der Waals surface area (Å²) in [7, 11) is 0. The van der Waals surface area contributed by atoms with Crippen molar-refractivity contribution in [2.75, 3.05) is 11.9 Å². The second kappa shape index (κ2) is 6.68. The number of aromatic nitrogens is 1. The Morgan fingerprint density at radius 1 is 1.12 bits per heavy atom. The van der Waals surface area contributed by atoms with Crippen molar-refractivity contribution < 1.29 is 14.3 Å². The molecule has 6 heteroatoms. The molecule has 1 aromatic heterocycles. The Morgan fingerprint density at radius 2 is 1.84 bits per heavy atom. The number of fused-ring (bicyclic) bond motifs is 1. The number of ether oxygens (including phenoxy) is 1. The maximum atomic E-state index is 12.5. The minimum absolute atomic E-state index is 0.179. The number of aryl methyl sites for hydroxylation is 2. The zero-order chi connectivity index (χ0) is 18.0. The average Bonchev–Trinajstić information content (AvgIpc) is 2.88. The second-order valence-corrected chi connectivity index (χ2v) is 5.87. The second-order valence-electron chi connectivity index (χ2n) is 5.87. The van der Waals surface area contributed by atoms with Crippen molar-refractivity contribution >= 4 is 28.4 Å². The van der Waals surface area contributed by atoms with E-state index >= 15 is 0 Å². The Kier molecular flexibility index (Phi) is 4.43. The first kappa shape index (κ1) is 16.6. The molecule has 0 aliphatic rings. The molecule has 0 bridgehead atoms. The van der Waals surface area contributed by atoms with Gasteiger partial charge in [0.25, 0.3) is 11.8 Å². The van der Waals surface area contributed by atoms with Gasteiger partial charge in [-0.3, -0.25) is 9.59 Å². The zero-order valence-electron chi connectivity index (χ0n) is 14.1. The molecule has 2 amide bonds. The highest BCUT2D eigenvalue weighted by Crippen LogP contribution is 2.23. The lowest BCUT2D eigenvalue weighted by Crippen LogP contribution is -2.20. The van der Waals surface area contributed by atoms with Gasteiger partial charge in [-0.2, -0.15) is 0 Å². The van der Waals surface area contributed by atoms with Crippen LogP contribution in [0.25, 0.3) is 10.9 Å². The van der Waals surface area contributed by atoms with Gasteiger partial charge >= 0.3 is 0 Å². The van der Waals surface area contributed by atoms with E-state index in [0.717, 1.165) is 22.2 Å². The first-order chi connectivity index (χ1) is 11.9. The van der Waals surface area contributed by atoms with E-state index in [1.807, 2.05) is 26.0 Å². The quantitative estimate of drug-likeness (QED) is 0.668. The summed E-state index contributed by atoms with van der Waals surface area (Å²) in [6.45, 7) is 3.86. The van der Waals surface area contributed by atoms with Gasteiger partial charge < -0.3 is 20.8 Å². The third kappa shape index (κ3) is 3.63. The van der Waals surface area contributed by atoms with Crippen LogP contribution >= 0.6 is 0 Å². The van der Waals surface area contributed by atoms with Crippen LogP contribution in [0.15, 0.2) is 42.5 Å². The molecule has 1 heterocycles. The standard InChI is InChI=1S/C19H19N3O3/c1-11-12(2)21-17-8-3-13(9-16(11)17)19(24)22-14-4-6-15(7-5-14)25-10-18(20)23/h3-9,21H,10H2,1-2H3,(H2,20,23)(H,22,24). The van der Waals surface area contributed by atoms with Gasteiger partial charge in [0.1, 0.15) is 5.75 Å². The van der Waals surface area contributed by atoms with Gasteiger partial charge in [0.2, 0.25) is 0 Å². The molecule has 4 N–H and O–H groups in total. The van der Waals surface area contributed by atoms with E-state index < -0.39 is 5.91 Å². The van der Waals surface area contributed by atoms with Gasteiger partial charge in [0.05, 0.1) is 0 Å². The molecule has 3 aromatic rings. The average molecular weight is 337 g/mol. The molecule has 0 unspecified atom stereocenters. The Balaban J connectivity index is 1.73. The largest absolute Gasteiger partial charge is 0.484 e. The molecule has 0 saturated carbocycles. The van der Waals surface area contributed by atoms with E-state index in [-0.39, 0.29) is 12.5 Å². The predicted octanol–water partition coefficient (Wildman–Crippen LogP) is 2.90. The Morgan fingerprint density at radius 3 is 2.52 bits per heavy atom. The summed E-state index contributed by atoms with van der Waals surface area (Å²) in [6, 6.07) is 12.3. The van der Waals surface area contributed by atoms with Gasteiger partial charge in [-0.15, -0.1) is 0 Å². The van der Waals surface area contributed by atoms with Gasteiger partial charge in [-0.05, 0) is 61.9 Å². The minimum atomic E-state index is -0.539. The highest BCUT2D eigenvalue weighted by Gasteiger charge is 2.10. The fraction of sp³-hybridized carbons (Fsp3) is 0.158. The molecule has 0 atom stereocenters. The van der Waals surface area contributed by atoms with Crippen LogP contribution < -0.4 is 15.8 Å². The van der Waals surface area contributed by atoms with Crippen molar-refractivity contribution in [3.63, 3.8) is 0 Å². The number of benzene rings is 2. The number of rotatable bonds is 5. The monoisotopic (exact) mass is 337 g/mol. The van der Waals surface area contributed by atoms with Crippen molar-refractivity contribution in [3.8, 4) is 5.75 Å². The van der Waals surface area contributed by atoms with E-state index in [1.54, 1.807) is 30.3 Å². The van der Waals surface area contributed by atoms with Crippen LogP contribution in [0.1, 0.15) is 21.6 Å². The summed E-state index contributed by atoms with van der Waals surface area (Å²) >= 11 is 0. The van der Waals surface area contributed by atoms with Crippen LogP contribution in [0.4, 0.5) is 5.69 Å². The lowest BCUT2D eigenvalue weighted by atomic mass is 10.1. The summed E-state index contributed by atoms with van der Waals surface area (Å²) in [5.74, 6) is -0.217. The van der Waals surface area contributed by atoms with Crippen molar-refractivity contribution in [1.29, 1.82) is 0 Å². The number of primary amides is 1. The third-order valence-electron chi connectivity index (χ3n) is 4.06. The number of nitrogens with two attached hydrogens (primary N) is 1. The summed E-state index contributed by atoms with van der Waals surface area (Å²) in [6.07, 6.45) is 0. The van der Waals surface area contributed by atoms with Crippen molar-refractivity contribution in [1.82, 2.24) is 4.98 Å². The van der Waals surface area contributed by atoms with Crippen molar-refractivity contribution in [2.45, 2.75) is 13.8 Å². The van der Waals surface area contributed by atoms with E-state index in [1.165, 1.54) is 0 Å². The first-order valence-electron chi connectivity index (χ1n) is 7.85. The lowest BCUT2D eigenvalue weighted by molar-refractivity contribution is -0.119. The van der Waals surface area contributed by atoms with Crippen LogP contribution in [0.5, 0.6) is 5.75 Å². The van der Waals surface area contributed by atoms with Crippen LogP contribution in [-0.4, -0.2) is 23.4 Å². The maximum Gasteiger partial charge on any atom is 0.255 e. The van der Waals surface area contributed by atoms with Gasteiger partial charge in [-0.1, -0.05) is 0 Å². The normalized spacial score (nSPS) is 10.6. The van der Waals surface area contributed by atoms with Crippen LogP contribution in [0.3, 0.4) is 0 Å². The number of aromatic amines is 1. The summed E-state index contributed by atoms with van der Waals surface area (Å²) in [4.78, 5) is 26.5. The number of amides is 2. The number of H-pyrrole nitrogens is 1. The molecule has 128 valence electrons. The van der Waals surface area contributed by atoms with Gasteiger partial charge in [0, 0.05) is 27.8 Å². The fourth-order valence-corrected chi connectivity index (χ4v) is 2.59. The molecule has 3 rings (SSSR count). The summed E-state index contributed by atoms with van der Waals surface area (Å²) in [5, 5.41) is 3.89. The molecule has 0 aliphatic carbocycles. The van der Waals surface area contributed by atoms with Crippen LogP contribution in [-0.2, 0) is 4.79 Å². The van der Waals surface area contributed by atoms with E-state index in [4.69, 9.17) is 10.5 Å². The third-order valence-corrected chi connectivity index (χ3v) is 4.06. The Hall–Kier alpha value is -3.28. The van der Waals surface area contributed by atoms with Crippen molar-refractivity contribution in [2.24, 2.45) is 5.73 Å². The van der Waals surface area contributed by atoms with Crippen LogP contribution in [0, 0.1) is 13.8 Å². The first-order valence-corrected chi connectivity index (χ1v) is 7.85. The molecule has 6 nitrogen and oxygen atoms in total. The van der Waals surface area contributed by atoms with E-state index in [0.29, 0.717) is 17.0 Å². The summed E-state index contributed by atoms with van der Waals surface area (Å²) < 4.78 is 5.18. The van der Waals surface area contributed by atoms with Crippen molar-refractivity contribution in [3.05, 3.63) is 59.3 Å². The number of hydrogen-bond acceptors (Lipinski definition) is 3. The fourth-order valence-electron chi connectivity index (χ4n) is 2.59. The zero-order valence-corrected chi connectivity index (χ0v) is 14.1. The summed E-state index contributed by atoms with van der Waals surface area (Å²) in [5.41, 5.74) is 9.51. The smallest absolute Gasteiger partial charge is 0.255 e. The molecule has 0 spiro atoms. The number of carbonyl (C=O) groups excluding carboxylic acids is 2. The Labute approximate surface area is 145 Å². The van der Waals surface area contributed by atoms with E-state index in [2.05, 4.69) is 10.3 Å². The Bertz CT molecular complexity index is 942. The molecule has 0 saturated heterocycles. The SMILES string of the molecule is Cc1[nH]c2ccc(C(=O)Nc3ccc(OCC(N)=O)cc3)cc2c1C. The molecule has 2 aromatic carbocycles. The van der Waals surface area contributed by atoms with Gasteiger partial charge in [-0.25, -0.2) is 0 Å².